The molecule has 1 unspecified atom stereocenters. The summed E-state index contributed by atoms with van der Waals surface area (Å²) >= 11 is 2.40. The van der Waals surface area contributed by atoms with Crippen molar-refractivity contribution in [2.45, 2.75) is 57.5 Å². The van der Waals surface area contributed by atoms with Crippen molar-refractivity contribution in [1.82, 2.24) is 15.2 Å². The number of carbonyl (C=O) groups excluding carboxylic acids is 5. The topological polar surface area (TPSA) is 202 Å². The number of oxime groups is 1. The minimum Gasteiger partial charge on any atom is -1.00 e. The third kappa shape index (κ3) is 7.83. The van der Waals surface area contributed by atoms with E-state index in [9.17, 15) is 24.0 Å². The molecule has 0 aliphatic carbocycles. The van der Waals surface area contributed by atoms with Crippen molar-refractivity contribution in [1.29, 1.82) is 0 Å². The van der Waals surface area contributed by atoms with Gasteiger partial charge in [0.05, 0.1) is 6.10 Å². The van der Waals surface area contributed by atoms with Crippen LogP contribution in [0.5, 0.6) is 0 Å². The van der Waals surface area contributed by atoms with Crippen LogP contribution in [0.4, 0.5) is 9.93 Å². The van der Waals surface area contributed by atoms with Crippen molar-refractivity contribution in [3.8, 4) is 0 Å². The smallest absolute Gasteiger partial charge is 0.511 e. The van der Waals surface area contributed by atoms with Crippen LogP contribution in [0.25, 0.3) is 0 Å². The van der Waals surface area contributed by atoms with Crippen molar-refractivity contribution in [3.05, 3.63) is 22.8 Å². The van der Waals surface area contributed by atoms with Crippen molar-refractivity contribution in [2.75, 3.05) is 18.2 Å². The van der Waals surface area contributed by atoms with Gasteiger partial charge in [0.15, 0.2) is 16.9 Å². The van der Waals surface area contributed by atoms with Gasteiger partial charge in [0.2, 0.25) is 6.29 Å². The van der Waals surface area contributed by atoms with E-state index in [2.05, 4.69) is 26.5 Å². The first kappa shape index (κ1) is 32.8. The Morgan fingerprint density at radius 3 is 2.50 bits per heavy atom. The molecule has 0 aromatic carbocycles. The Hall–Kier alpha value is -3.41. The van der Waals surface area contributed by atoms with Gasteiger partial charge < -0.3 is 42.5 Å². The third-order valence-corrected chi connectivity index (χ3v) is 6.97. The van der Waals surface area contributed by atoms with Gasteiger partial charge in [0, 0.05) is 18.1 Å². The number of anilines is 1. The molecule has 15 nitrogen and oxygen atoms in total. The summed E-state index contributed by atoms with van der Waals surface area (Å²) in [6, 6.07) is -1.48. The largest absolute Gasteiger partial charge is 1.00 e. The van der Waals surface area contributed by atoms with Crippen LogP contribution in [0.15, 0.2) is 22.3 Å². The van der Waals surface area contributed by atoms with Crippen molar-refractivity contribution >= 4 is 63.8 Å². The average Bonchev–Trinajstić information content (AvgIpc) is 3.31. The molecular weight excluding hydrogens is 592 g/mol. The van der Waals surface area contributed by atoms with Crippen molar-refractivity contribution in [3.63, 3.8) is 0 Å². The highest BCUT2D eigenvalue weighted by molar-refractivity contribution is 8.00. The Morgan fingerprint density at radius 1 is 1.18 bits per heavy atom. The summed E-state index contributed by atoms with van der Waals surface area (Å²) in [5.74, 6) is -2.16. The van der Waals surface area contributed by atoms with E-state index >= 15 is 0 Å². The summed E-state index contributed by atoms with van der Waals surface area (Å²) in [4.78, 5) is 72.4. The highest BCUT2D eigenvalue weighted by Crippen LogP contribution is 2.38. The molecule has 2 aliphatic heterocycles. The minimum absolute atomic E-state index is 0. The van der Waals surface area contributed by atoms with E-state index in [4.69, 9.17) is 19.0 Å². The third-order valence-electron chi connectivity index (χ3n) is 5.03. The molecule has 0 radical (unpaired) electrons. The van der Waals surface area contributed by atoms with Gasteiger partial charge in [-0.25, -0.2) is 14.6 Å². The molecule has 220 valence electrons. The summed E-state index contributed by atoms with van der Waals surface area (Å²) in [5, 5.41) is 10.1. The van der Waals surface area contributed by atoms with E-state index in [1.54, 1.807) is 20.8 Å². The lowest BCUT2D eigenvalue weighted by Crippen LogP contribution is -3.00. The average molecular weight is 621 g/mol. The number of carbonyl (C=O) groups is 5. The number of aromatic nitrogens is 1. The summed E-state index contributed by atoms with van der Waals surface area (Å²) < 4.78 is 14.9. The van der Waals surface area contributed by atoms with Crippen LogP contribution >= 0.6 is 23.1 Å². The number of esters is 1. The zero-order chi connectivity index (χ0) is 28.9. The molecule has 1 aromatic heterocycles. The van der Waals surface area contributed by atoms with Gasteiger partial charge in [-0.2, -0.15) is 0 Å². The number of hydrogen-bond acceptors (Lipinski definition) is 13. The molecule has 3 rings (SSSR count). The Balaban J connectivity index is 0.00000560. The Morgan fingerprint density at radius 2 is 1.88 bits per heavy atom. The molecule has 5 N–H and O–H groups in total. The van der Waals surface area contributed by atoms with Gasteiger partial charge in [-0.15, -0.1) is 23.1 Å². The standard InChI is InChI=1S/C22H28N6O9S2.ClH/c1-9(2)35-22(33)37-11(4)36-20(32)13-6-7-38-19-15(18(31)28(13)19)25-17(30)14(27-34-5)12-8-39-21(24-12)26-16(29)10(3)23;/h6,8-11,15,19H,7,23H2,1-5H3,(H,25,30)(H,24,26,29);1H/b27-14-;/t10-,11?,15+,19+;/m0./s1. The number of amides is 3. The molecule has 1 fully saturated rings. The first-order valence-corrected chi connectivity index (χ1v) is 13.6. The Kier molecular flexibility index (Phi) is 11.7. The van der Waals surface area contributed by atoms with Gasteiger partial charge in [0.1, 0.15) is 29.9 Å². The highest BCUT2D eigenvalue weighted by Gasteiger charge is 2.53. The van der Waals surface area contributed by atoms with Crippen LogP contribution in [0, 0.1) is 0 Å². The summed E-state index contributed by atoms with van der Waals surface area (Å²) in [5.41, 5.74) is 3.52. The van der Waals surface area contributed by atoms with E-state index < -0.39 is 53.8 Å². The second-order valence-electron chi connectivity index (χ2n) is 8.53. The molecule has 40 heavy (non-hydrogen) atoms. The predicted octanol–water partition coefficient (Wildman–Crippen LogP) is -3.20. The van der Waals surface area contributed by atoms with E-state index in [1.165, 1.54) is 42.2 Å². The number of ether oxygens (including phenoxy) is 3. The van der Waals surface area contributed by atoms with Gasteiger partial charge in [-0.05, 0) is 26.8 Å². The molecular formula is C22H29ClN6O9S2. The van der Waals surface area contributed by atoms with Gasteiger partial charge in [-0.1, -0.05) is 5.16 Å². The molecule has 4 atom stereocenters. The monoisotopic (exact) mass is 620 g/mol. The number of hydrogen-bond donors (Lipinski definition) is 3. The maximum absolute atomic E-state index is 13.0. The number of thioether (sulfide) groups is 1. The number of rotatable bonds is 10. The molecule has 3 heterocycles. The fourth-order valence-corrected chi connectivity index (χ4v) is 5.19. The van der Waals surface area contributed by atoms with Crippen LogP contribution < -0.4 is 28.8 Å². The molecule has 1 aromatic rings. The number of halogens is 1. The Labute approximate surface area is 243 Å². The molecule has 1 saturated heterocycles. The SMILES string of the molecule is CO/N=C(\C(=O)N[C@@H]1C(=O)N2C(C(=O)OC(C)OC(=O)OC(C)C)=CCS[C@H]12)c1csc(NC(=O)[C@H](C)[NH3+])n1.[Cl-]. The lowest BCUT2D eigenvalue weighted by Gasteiger charge is -2.48. The first-order chi connectivity index (χ1) is 18.4. The zero-order valence-corrected chi connectivity index (χ0v) is 24.6. The van der Waals surface area contributed by atoms with E-state index in [0.29, 0.717) is 5.75 Å². The van der Waals surface area contributed by atoms with Crippen LogP contribution in [0.2, 0.25) is 0 Å². The van der Waals surface area contributed by atoms with Crippen LogP contribution in [-0.2, 0) is 38.2 Å². The van der Waals surface area contributed by atoms with E-state index in [-0.39, 0.29) is 40.5 Å². The Bertz CT molecular complexity index is 1210. The van der Waals surface area contributed by atoms with Crippen molar-refractivity contribution in [2.24, 2.45) is 5.16 Å². The van der Waals surface area contributed by atoms with Crippen LogP contribution in [-0.4, -0.2) is 88.2 Å². The molecule has 0 spiro atoms. The highest BCUT2D eigenvalue weighted by atomic mass is 35.5. The lowest BCUT2D eigenvalue weighted by atomic mass is 10.0. The number of nitrogens with one attached hydrogen (secondary N) is 2. The van der Waals surface area contributed by atoms with Crippen LogP contribution in [0.3, 0.4) is 0 Å². The molecule has 0 saturated carbocycles. The zero-order valence-electron chi connectivity index (χ0n) is 22.2. The number of thiazole rings is 1. The number of β-lactam (4-membered cyclic amide) rings is 1. The predicted molar refractivity (Wildman–Crippen MR) is 138 cm³/mol. The van der Waals surface area contributed by atoms with E-state index in [0.717, 1.165) is 11.3 Å². The summed E-state index contributed by atoms with van der Waals surface area (Å²) in [7, 11) is 1.25. The summed E-state index contributed by atoms with van der Waals surface area (Å²) in [6.07, 6.45) is -1.17. The normalized spacial score (nSPS) is 19.6. The molecule has 2 aliphatic rings. The molecule has 18 heteroatoms. The maximum Gasteiger partial charge on any atom is 0.511 e. The first-order valence-electron chi connectivity index (χ1n) is 11.7. The molecule has 3 amide bonds. The fraction of sp³-hybridized carbons (Fsp3) is 0.500. The number of fused-ring (bicyclic) bond motifs is 1. The molecule has 0 bridgehead atoms. The fourth-order valence-electron chi connectivity index (χ4n) is 3.29. The van der Waals surface area contributed by atoms with Crippen LogP contribution in [0.1, 0.15) is 33.4 Å². The minimum atomic E-state index is -1.26. The maximum atomic E-state index is 13.0. The second kappa shape index (κ2) is 14.3. The summed E-state index contributed by atoms with van der Waals surface area (Å²) in [6.45, 7) is 6.23. The number of nitrogens with zero attached hydrogens (tertiary/aromatic N) is 3. The van der Waals surface area contributed by atoms with Gasteiger partial charge in [0.25, 0.3) is 17.7 Å². The van der Waals surface area contributed by atoms with E-state index in [1.807, 2.05) is 0 Å². The van der Waals surface area contributed by atoms with Gasteiger partial charge in [-0.3, -0.25) is 24.6 Å². The number of quaternary nitrogens is 1. The van der Waals surface area contributed by atoms with Crippen molar-refractivity contribution < 1.29 is 61.2 Å². The second-order valence-corrected chi connectivity index (χ2v) is 10.5. The van der Waals surface area contributed by atoms with Gasteiger partial charge >= 0.3 is 12.1 Å². The quantitative estimate of drug-likeness (QED) is 0.0781. The lowest BCUT2D eigenvalue weighted by molar-refractivity contribution is -0.396.